The van der Waals surface area contributed by atoms with Gasteiger partial charge in [-0.1, -0.05) is 22.7 Å². The first-order chi connectivity index (χ1) is 18.4. The van der Waals surface area contributed by atoms with Crippen molar-refractivity contribution in [3.63, 3.8) is 0 Å². The first kappa shape index (κ1) is 27.5. The summed E-state index contributed by atoms with van der Waals surface area (Å²) in [5.41, 5.74) is 6.27. The van der Waals surface area contributed by atoms with Crippen LogP contribution in [0.4, 0.5) is 33.0 Å². The van der Waals surface area contributed by atoms with Gasteiger partial charge >= 0.3 is 0 Å². The van der Waals surface area contributed by atoms with Crippen LogP contribution >= 0.6 is 22.7 Å². The molecule has 0 aliphatic heterocycles. The van der Waals surface area contributed by atoms with Crippen molar-refractivity contribution in [2.45, 2.75) is 41.5 Å². The minimum atomic E-state index is 0.604. The maximum absolute atomic E-state index is 4.45. The zero-order valence-corrected chi connectivity index (χ0v) is 24.5. The molecule has 0 aliphatic carbocycles. The highest BCUT2D eigenvalue weighted by molar-refractivity contribution is 7.25. The van der Waals surface area contributed by atoms with E-state index in [1.165, 1.54) is 34.0 Å². The SMILES string of the molecule is CCN(CC)c1ccc(N=Nc2ncc(-c3cnc(N=Nc4ccc(N(CC)CC)cc4C)s3)s2)c(C)c1. The summed E-state index contributed by atoms with van der Waals surface area (Å²) >= 11 is 2.96. The molecule has 10 heteroatoms. The molecule has 0 atom stereocenters. The van der Waals surface area contributed by atoms with Crippen molar-refractivity contribution in [1.82, 2.24) is 9.97 Å². The lowest BCUT2D eigenvalue weighted by molar-refractivity contribution is 0.865. The van der Waals surface area contributed by atoms with Crippen LogP contribution in [0, 0.1) is 13.8 Å². The fraction of sp³-hybridized carbons (Fsp3) is 0.357. The summed E-state index contributed by atoms with van der Waals surface area (Å²) in [6.45, 7) is 16.7. The average molecular weight is 547 g/mol. The van der Waals surface area contributed by atoms with Crippen molar-refractivity contribution < 1.29 is 0 Å². The van der Waals surface area contributed by atoms with Gasteiger partial charge in [0, 0.05) is 49.9 Å². The predicted octanol–water partition coefficient (Wildman–Crippen LogP) is 9.41. The van der Waals surface area contributed by atoms with Gasteiger partial charge in [0.25, 0.3) is 0 Å². The Bertz CT molecular complexity index is 1310. The Morgan fingerprint density at radius 1 is 0.605 bits per heavy atom. The van der Waals surface area contributed by atoms with E-state index in [0.717, 1.165) is 58.4 Å². The highest BCUT2D eigenvalue weighted by atomic mass is 32.1. The second-order valence-electron chi connectivity index (χ2n) is 8.70. The number of benzene rings is 2. The second kappa shape index (κ2) is 12.8. The molecule has 2 aromatic heterocycles. The van der Waals surface area contributed by atoms with E-state index in [9.17, 15) is 0 Å². The van der Waals surface area contributed by atoms with Crippen LogP contribution in [0.1, 0.15) is 38.8 Å². The number of aromatic nitrogens is 2. The Labute approximate surface area is 232 Å². The standard InChI is InChI=1S/C28H34N8S2/c1-7-35(8-2)21-11-13-23(19(5)15-21)31-33-27-29-17-25(37-27)26-18-30-28(38-26)34-32-24-14-12-22(16-20(24)6)36(9-3)10-4/h11-18H,7-10H2,1-6H3. The van der Waals surface area contributed by atoms with E-state index >= 15 is 0 Å². The van der Waals surface area contributed by atoms with Crippen molar-refractivity contribution in [2.24, 2.45) is 20.5 Å². The normalized spacial score (nSPS) is 11.6. The van der Waals surface area contributed by atoms with Crippen LogP contribution in [0.2, 0.25) is 0 Å². The topological polar surface area (TPSA) is 81.7 Å². The lowest BCUT2D eigenvalue weighted by Crippen LogP contribution is -2.21. The van der Waals surface area contributed by atoms with E-state index in [1.807, 2.05) is 12.1 Å². The molecule has 0 unspecified atom stereocenters. The molecule has 2 heterocycles. The Morgan fingerprint density at radius 2 is 1.00 bits per heavy atom. The average Bonchev–Trinajstić information content (AvgIpc) is 3.59. The van der Waals surface area contributed by atoms with Crippen molar-refractivity contribution in [2.75, 3.05) is 36.0 Å². The summed E-state index contributed by atoms with van der Waals surface area (Å²) < 4.78 is 0. The molecular formula is C28H34N8S2. The molecule has 0 fully saturated rings. The van der Waals surface area contributed by atoms with Gasteiger partial charge in [0.15, 0.2) is 0 Å². The Balaban J connectivity index is 1.43. The third-order valence-corrected chi connectivity index (χ3v) is 8.29. The van der Waals surface area contributed by atoms with Crippen LogP contribution in [0.25, 0.3) is 9.75 Å². The van der Waals surface area contributed by atoms with Crippen LogP contribution in [-0.4, -0.2) is 36.1 Å². The molecule has 198 valence electrons. The van der Waals surface area contributed by atoms with Gasteiger partial charge in [-0.3, -0.25) is 0 Å². The number of hydrogen-bond acceptors (Lipinski definition) is 10. The Kier molecular flexibility index (Phi) is 9.30. The van der Waals surface area contributed by atoms with E-state index in [4.69, 9.17) is 0 Å². The molecule has 0 aliphatic rings. The third-order valence-electron chi connectivity index (χ3n) is 6.33. The predicted molar refractivity (Wildman–Crippen MR) is 161 cm³/mol. The lowest BCUT2D eigenvalue weighted by atomic mass is 10.1. The molecule has 0 saturated carbocycles. The van der Waals surface area contributed by atoms with Crippen LogP contribution in [0.15, 0.2) is 69.2 Å². The minimum Gasteiger partial charge on any atom is -0.372 e. The number of hydrogen-bond donors (Lipinski definition) is 0. The molecular weight excluding hydrogens is 512 g/mol. The van der Waals surface area contributed by atoms with Crippen LogP contribution in [0.5, 0.6) is 0 Å². The van der Waals surface area contributed by atoms with Gasteiger partial charge in [0.1, 0.15) is 0 Å². The van der Waals surface area contributed by atoms with E-state index in [-0.39, 0.29) is 0 Å². The molecule has 0 saturated heterocycles. The van der Waals surface area contributed by atoms with Crippen LogP contribution < -0.4 is 9.80 Å². The van der Waals surface area contributed by atoms with Crippen molar-refractivity contribution in [1.29, 1.82) is 0 Å². The number of thiazole rings is 2. The largest absolute Gasteiger partial charge is 0.372 e. The smallest absolute Gasteiger partial charge is 0.230 e. The molecule has 0 N–H and O–H groups in total. The summed E-state index contributed by atoms with van der Waals surface area (Å²) in [4.78, 5) is 15.4. The summed E-state index contributed by atoms with van der Waals surface area (Å²) in [7, 11) is 0. The van der Waals surface area contributed by atoms with Gasteiger partial charge in [-0.25, -0.2) is 9.97 Å². The maximum atomic E-state index is 4.45. The number of aryl methyl sites for hydroxylation is 2. The summed E-state index contributed by atoms with van der Waals surface area (Å²) in [6.07, 6.45) is 3.61. The molecule has 0 spiro atoms. The van der Waals surface area contributed by atoms with Gasteiger partial charge in [-0.2, -0.15) is 0 Å². The molecule has 0 radical (unpaired) electrons. The van der Waals surface area contributed by atoms with Gasteiger partial charge in [-0.15, -0.1) is 20.5 Å². The van der Waals surface area contributed by atoms with E-state index in [1.54, 1.807) is 12.4 Å². The maximum Gasteiger partial charge on any atom is 0.230 e. The van der Waals surface area contributed by atoms with Crippen LogP contribution in [0.3, 0.4) is 0 Å². The number of rotatable bonds is 11. The fourth-order valence-corrected chi connectivity index (χ4v) is 5.65. The molecule has 0 amide bonds. The van der Waals surface area contributed by atoms with Crippen molar-refractivity contribution in [3.8, 4) is 9.75 Å². The zero-order chi connectivity index (χ0) is 27.1. The number of nitrogens with zero attached hydrogens (tertiary/aromatic N) is 8. The van der Waals surface area contributed by atoms with E-state index < -0.39 is 0 Å². The molecule has 4 aromatic rings. The van der Waals surface area contributed by atoms with Crippen LogP contribution in [-0.2, 0) is 0 Å². The Hall–Kier alpha value is -3.50. The summed E-state index contributed by atoms with van der Waals surface area (Å²) in [5, 5.41) is 18.9. The first-order valence-electron chi connectivity index (χ1n) is 12.9. The molecule has 8 nitrogen and oxygen atoms in total. The monoisotopic (exact) mass is 546 g/mol. The summed E-state index contributed by atoms with van der Waals surface area (Å²) in [6, 6.07) is 12.5. The number of anilines is 2. The van der Waals surface area contributed by atoms with E-state index in [0.29, 0.717) is 10.3 Å². The highest BCUT2D eigenvalue weighted by Crippen LogP contribution is 2.38. The molecule has 38 heavy (non-hydrogen) atoms. The van der Waals surface area contributed by atoms with E-state index in [2.05, 4.69) is 106 Å². The van der Waals surface area contributed by atoms with Gasteiger partial charge in [-0.05, 0) is 89.1 Å². The second-order valence-corrected chi connectivity index (χ2v) is 10.7. The minimum absolute atomic E-state index is 0.604. The van der Waals surface area contributed by atoms with Gasteiger partial charge in [0.2, 0.25) is 10.3 Å². The quantitative estimate of drug-likeness (QED) is 0.175. The number of azo groups is 2. The van der Waals surface area contributed by atoms with Crippen molar-refractivity contribution in [3.05, 3.63) is 59.9 Å². The highest BCUT2D eigenvalue weighted by Gasteiger charge is 2.10. The molecule has 2 aromatic carbocycles. The van der Waals surface area contributed by atoms with Crippen molar-refractivity contribution >= 4 is 55.7 Å². The zero-order valence-electron chi connectivity index (χ0n) is 22.8. The summed E-state index contributed by atoms with van der Waals surface area (Å²) in [5.74, 6) is 0. The van der Waals surface area contributed by atoms with Gasteiger partial charge < -0.3 is 9.80 Å². The first-order valence-corrected chi connectivity index (χ1v) is 14.6. The Morgan fingerprint density at radius 3 is 1.34 bits per heavy atom. The fourth-order valence-electron chi connectivity index (χ4n) is 4.12. The molecule has 0 bridgehead atoms. The molecule has 4 rings (SSSR count). The van der Waals surface area contributed by atoms with Gasteiger partial charge in [0.05, 0.1) is 21.1 Å². The third kappa shape index (κ3) is 6.49. The lowest BCUT2D eigenvalue weighted by Gasteiger charge is -2.21.